The summed E-state index contributed by atoms with van der Waals surface area (Å²) in [4.78, 5) is 4.45. The van der Waals surface area contributed by atoms with Crippen molar-refractivity contribution < 1.29 is 12.6 Å². The molecule has 0 aromatic rings. The van der Waals surface area contributed by atoms with Gasteiger partial charge < -0.3 is 10.6 Å². The molecular formula is C17H36N4O3S2. The van der Waals surface area contributed by atoms with Crippen molar-refractivity contribution in [3.63, 3.8) is 0 Å². The lowest BCUT2D eigenvalue weighted by Crippen LogP contribution is -2.47. The summed E-state index contributed by atoms with van der Waals surface area (Å²) in [6.45, 7) is 9.55. The minimum atomic E-state index is -3.26. The first-order chi connectivity index (χ1) is 12.4. The van der Waals surface area contributed by atoms with E-state index < -0.39 is 20.8 Å². The number of rotatable bonds is 10. The quantitative estimate of drug-likeness (QED) is 0.420. The van der Waals surface area contributed by atoms with Gasteiger partial charge >= 0.3 is 0 Å². The normalized spacial score (nSPS) is 23.0. The number of aliphatic imine (C=N–C) groups is 1. The minimum Gasteiger partial charge on any atom is -0.357 e. The second-order valence-corrected chi connectivity index (χ2v) is 10.6. The molecule has 1 fully saturated rings. The van der Waals surface area contributed by atoms with Crippen LogP contribution in [0.25, 0.3) is 0 Å². The van der Waals surface area contributed by atoms with Gasteiger partial charge in [-0.2, -0.15) is 0 Å². The molecule has 154 valence electrons. The molecule has 2 N–H and O–H groups in total. The maximum Gasteiger partial charge on any atom is 0.215 e. The third kappa shape index (κ3) is 7.52. The standard InChI is InChI=1S/C17H36N4O3S2/c1-5-18-17(19-12-13-26(23,24)21(6-2)7-3)20-15-10-9-11-16(14-15)25(22)8-4/h15-16H,5-14H2,1-4H3,(H2,18,19,20). The highest BCUT2D eigenvalue weighted by Gasteiger charge is 2.26. The number of sulfonamides is 1. The predicted molar refractivity (Wildman–Crippen MR) is 111 cm³/mol. The summed E-state index contributed by atoms with van der Waals surface area (Å²) in [5, 5.41) is 6.84. The zero-order chi connectivity index (χ0) is 19.6. The Morgan fingerprint density at radius 3 is 2.46 bits per heavy atom. The van der Waals surface area contributed by atoms with E-state index in [-0.39, 0.29) is 23.6 Å². The van der Waals surface area contributed by atoms with Crippen LogP contribution in [-0.2, 0) is 20.8 Å². The second kappa shape index (κ2) is 11.9. The predicted octanol–water partition coefficient (Wildman–Crippen LogP) is 1.29. The molecule has 1 saturated carbocycles. The third-order valence-corrected chi connectivity index (χ3v) is 8.43. The lowest BCUT2D eigenvalue weighted by Gasteiger charge is -2.30. The summed E-state index contributed by atoms with van der Waals surface area (Å²) in [6, 6.07) is 0.237. The molecule has 0 radical (unpaired) electrons. The summed E-state index contributed by atoms with van der Waals surface area (Å²) in [5.74, 6) is 1.36. The van der Waals surface area contributed by atoms with Gasteiger partial charge in [-0.1, -0.05) is 27.2 Å². The van der Waals surface area contributed by atoms with E-state index >= 15 is 0 Å². The summed E-state index contributed by atoms with van der Waals surface area (Å²) >= 11 is 0. The van der Waals surface area contributed by atoms with E-state index in [0.717, 1.165) is 25.7 Å². The summed E-state index contributed by atoms with van der Waals surface area (Å²) in [5.41, 5.74) is 0. The van der Waals surface area contributed by atoms with E-state index in [1.807, 2.05) is 27.7 Å². The van der Waals surface area contributed by atoms with E-state index in [9.17, 15) is 12.6 Å². The van der Waals surface area contributed by atoms with Crippen molar-refractivity contribution in [2.24, 2.45) is 4.99 Å². The van der Waals surface area contributed by atoms with Crippen LogP contribution in [0.2, 0.25) is 0 Å². The molecule has 9 heteroatoms. The highest BCUT2D eigenvalue weighted by Crippen LogP contribution is 2.22. The Morgan fingerprint density at radius 2 is 1.88 bits per heavy atom. The number of guanidine groups is 1. The van der Waals surface area contributed by atoms with Crippen molar-refractivity contribution in [1.29, 1.82) is 0 Å². The van der Waals surface area contributed by atoms with E-state index in [2.05, 4.69) is 15.6 Å². The molecule has 26 heavy (non-hydrogen) atoms. The maximum atomic E-state index is 12.3. The molecule has 0 spiro atoms. The van der Waals surface area contributed by atoms with Crippen LogP contribution in [0, 0.1) is 0 Å². The first-order valence-electron chi connectivity index (χ1n) is 9.77. The van der Waals surface area contributed by atoms with Crippen LogP contribution in [0.1, 0.15) is 53.4 Å². The van der Waals surface area contributed by atoms with E-state index in [0.29, 0.717) is 31.3 Å². The van der Waals surface area contributed by atoms with Crippen LogP contribution in [0.4, 0.5) is 0 Å². The largest absolute Gasteiger partial charge is 0.357 e. The molecule has 0 amide bonds. The van der Waals surface area contributed by atoms with Crippen LogP contribution in [-0.4, -0.2) is 71.9 Å². The molecule has 3 unspecified atom stereocenters. The Morgan fingerprint density at radius 1 is 1.19 bits per heavy atom. The Labute approximate surface area is 161 Å². The molecular weight excluding hydrogens is 372 g/mol. The highest BCUT2D eigenvalue weighted by molar-refractivity contribution is 7.89. The fourth-order valence-corrected chi connectivity index (χ4v) is 6.00. The van der Waals surface area contributed by atoms with Gasteiger partial charge in [0.25, 0.3) is 0 Å². The zero-order valence-electron chi connectivity index (χ0n) is 16.7. The van der Waals surface area contributed by atoms with Crippen LogP contribution in [0.3, 0.4) is 0 Å². The van der Waals surface area contributed by atoms with Gasteiger partial charge in [0.05, 0.1) is 12.3 Å². The highest BCUT2D eigenvalue weighted by atomic mass is 32.2. The lowest BCUT2D eigenvalue weighted by atomic mass is 9.95. The summed E-state index contributed by atoms with van der Waals surface area (Å²) in [6.07, 6.45) is 3.99. The topological polar surface area (TPSA) is 90.9 Å². The fraction of sp³-hybridized carbons (Fsp3) is 0.941. The van der Waals surface area contributed by atoms with Crippen molar-refractivity contribution in [1.82, 2.24) is 14.9 Å². The Hall–Kier alpha value is -0.670. The van der Waals surface area contributed by atoms with Gasteiger partial charge in [0.15, 0.2) is 5.96 Å². The molecule has 0 heterocycles. The molecule has 7 nitrogen and oxygen atoms in total. The first-order valence-corrected chi connectivity index (χ1v) is 12.8. The van der Waals surface area contributed by atoms with Gasteiger partial charge in [-0.3, -0.25) is 9.20 Å². The monoisotopic (exact) mass is 408 g/mol. The molecule has 1 rings (SSSR count). The molecule has 1 aliphatic rings. The molecule has 0 aromatic heterocycles. The lowest BCUT2D eigenvalue weighted by molar-refractivity contribution is 0.413. The van der Waals surface area contributed by atoms with Crippen molar-refractivity contribution in [2.75, 3.05) is 37.7 Å². The molecule has 1 aliphatic carbocycles. The van der Waals surface area contributed by atoms with Crippen molar-refractivity contribution in [3.05, 3.63) is 0 Å². The molecule has 0 aliphatic heterocycles. The number of hydrogen-bond acceptors (Lipinski definition) is 4. The zero-order valence-corrected chi connectivity index (χ0v) is 18.3. The van der Waals surface area contributed by atoms with Gasteiger partial charge in [-0.15, -0.1) is 0 Å². The summed E-state index contributed by atoms with van der Waals surface area (Å²) in [7, 11) is -4.02. The van der Waals surface area contributed by atoms with Crippen molar-refractivity contribution in [3.8, 4) is 0 Å². The van der Waals surface area contributed by atoms with E-state index in [4.69, 9.17) is 0 Å². The third-order valence-electron chi connectivity index (χ3n) is 4.69. The minimum absolute atomic E-state index is 0.0123. The Kier molecular flexibility index (Phi) is 10.7. The van der Waals surface area contributed by atoms with Crippen LogP contribution in [0.15, 0.2) is 4.99 Å². The average Bonchev–Trinajstić information content (AvgIpc) is 2.62. The molecule has 0 aromatic carbocycles. The van der Waals surface area contributed by atoms with E-state index in [1.165, 1.54) is 4.31 Å². The van der Waals surface area contributed by atoms with Crippen LogP contribution in [0.5, 0.6) is 0 Å². The van der Waals surface area contributed by atoms with Crippen molar-refractivity contribution >= 4 is 26.8 Å². The van der Waals surface area contributed by atoms with Gasteiger partial charge in [0.2, 0.25) is 10.0 Å². The van der Waals surface area contributed by atoms with Gasteiger partial charge in [-0.25, -0.2) is 12.7 Å². The number of hydrogen-bond donors (Lipinski definition) is 2. The van der Waals surface area contributed by atoms with Crippen LogP contribution >= 0.6 is 0 Å². The van der Waals surface area contributed by atoms with Gasteiger partial charge in [0.1, 0.15) is 0 Å². The van der Waals surface area contributed by atoms with Crippen molar-refractivity contribution in [2.45, 2.75) is 64.7 Å². The molecule has 0 bridgehead atoms. The maximum absolute atomic E-state index is 12.3. The Balaban J connectivity index is 2.64. The molecule has 0 saturated heterocycles. The fourth-order valence-electron chi connectivity index (χ4n) is 3.28. The van der Waals surface area contributed by atoms with Crippen LogP contribution < -0.4 is 10.6 Å². The smallest absolute Gasteiger partial charge is 0.215 e. The van der Waals surface area contributed by atoms with Gasteiger partial charge in [-0.05, 0) is 26.2 Å². The van der Waals surface area contributed by atoms with Gasteiger partial charge in [0, 0.05) is 47.5 Å². The number of nitrogens with one attached hydrogen (secondary N) is 2. The summed E-state index contributed by atoms with van der Waals surface area (Å²) < 4.78 is 38.1. The second-order valence-electron chi connectivity index (χ2n) is 6.46. The average molecular weight is 409 g/mol. The Bertz CT molecular complexity index is 562. The first kappa shape index (κ1) is 23.4. The number of nitrogens with zero attached hydrogens (tertiary/aromatic N) is 2. The van der Waals surface area contributed by atoms with E-state index in [1.54, 1.807) is 0 Å². The SMILES string of the molecule is CCNC(=NCCS(=O)(=O)N(CC)CC)NC1CCCC(S(=O)CC)C1. The molecule has 3 atom stereocenters.